The molecule has 2 aromatic heterocycles. The molecule has 6 nitrogen and oxygen atoms in total. The van der Waals surface area contributed by atoms with Crippen molar-refractivity contribution in [2.24, 2.45) is 7.05 Å². The molecule has 0 atom stereocenters. The summed E-state index contributed by atoms with van der Waals surface area (Å²) in [5.41, 5.74) is -0.140. The van der Waals surface area contributed by atoms with E-state index in [-0.39, 0.29) is 0 Å². The highest BCUT2D eigenvalue weighted by Crippen LogP contribution is 2.07. The van der Waals surface area contributed by atoms with E-state index in [1.807, 2.05) is 6.92 Å². The lowest BCUT2D eigenvalue weighted by Gasteiger charge is -2.01. The molecule has 0 aromatic carbocycles. The van der Waals surface area contributed by atoms with Crippen LogP contribution < -0.4 is 11.2 Å². The Kier molecular flexibility index (Phi) is 2.60. The van der Waals surface area contributed by atoms with Crippen LogP contribution in [0.4, 0.5) is 0 Å². The first-order valence-electron chi connectivity index (χ1n) is 5.22. The van der Waals surface area contributed by atoms with Crippen molar-refractivity contribution in [2.75, 3.05) is 0 Å². The molecule has 0 radical (unpaired) electrons. The zero-order chi connectivity index (χ0) is 12.6. The van der Waals surface area contributed by atoms with Crippen molar-refractivity contribution >= 4 is 11.2 Å². The lowest BCUT2D eigenvalue weighted by atomic mass is 10.5. The molecule has 0 fully saturated rings. The van der Waals surface area contributed by atoms with Gasteiger partial charge in [-0.1, -0.05) is 5.92 Å². The summed E-state index contributed by atoms with van der Waals surface area (Å²) >= 11 is 0. The number of hydrogen-bond acceptors (Lipinski definition) is 3. The van der Waals surface area contributed by atoms with Crippen LogP contribution in [0.1, 0.15) is 19.7 Å². The second-order valence-electron chi connectivity index (χ2n) is 3.55. The molecule has 2 rings (SSSR count). The molecule has 0 unspecified atom stereocenters. The first-order chi connectivity index (χ1) is 8.10. The fourth-order valence-corrected chi connectivity index (χ4v) is 1.76. The van der Waals surface area contributed by atoms with Crippen molar-refractivity contribution in [1.82, 2.24) is 19.1 Å². The average Bonchev–Trinajstić information content (AvgIpc) is 2.58. The number of aryl methyl sites for hydroxylation is 2. The first kappa shape index (κ1) is 11.2. The number of rotatable bonds is 1. The molecule has 0 amide bonds. The number of aromatic nitrogens is 4. The van der Waals surface area contributed by atoms with Crippen molar-refractivity contribution in [3.05, 3.63) is 26.7 Å². The van der Waals surface area contributed by atoms with Gasteiger partial charge in [0.15, 0.2) is 17.0 Å². The van der Waals surface area contributed by atoms with Gasteiger partial charge in [0, 0.05) is 13.6 Å². The topological polar surface area (TPSA) is 72.7 Å². The van der Waals surface area contributed by atoms with Gasteiger partial charge in [-0.25, -0.2) is 9.78 Å². The number of imidazole rings is 1. The third kappa shape index (κ3) is 1.56. The van der Waals surface area contributed by atoms with E-state index in [0.717, 1.165) is 0 Å². The van der Waals surface area contributed by atoms with Crippen LogP contribution in [-0.4, -0.2) is 19.1 Å². The Bertz CT molecular complexity index is 752. The second-order valence-corrected chi connectivity index (χ2v) is 3.55. The fraction of sp³-hybridized carbons (Fsp3) is 0.364. The van der Waals surface area contributed by atoms with Gasteiger partial charge in [-0.2, -0.15) is 0 Å². The molecule has 2 heterocycles. The van der Waals surface area contributed by atoms with Gasteiger partial charge in [0.2, 0.25) is 0 Å². The van der Waals surface area contributed by atoms with E-state index in [1.165, 1.54) is 4.57 Å². The van der Waals surface area contributed by atoms with Gasteiger partial charge >= 0.3 is 5.69 Å². The van der Waals surface area contributed by atoms with Gasteiger partial charge in [0.05, 0.1) is 0 Å². The van der Waals surface area contributed by atoms with E-state index < -0.39 is 11.2 Å². The molecular weight excluding hydrogens is 220 g/mol. The van der Waals surface area contributed by atoms with Crippen molar-refractivity contribution < 1.29 is 0 Å². The monoisotopic (exact) mass is 232 g/mol. The Balaban J connectivity index is 3.03. The lowest BCUT2D eigenvalue weighted by Crippen LogP contribution is -2.30. The molecule has 0 bridgehead atoms. The van der Waals surface area contributed by atoms with Gasteiger partial charge in [-0.3, -0.25) is 14.3 Å². The number of H-pyrrole nitrogens is 1. The number of nitrogens with zero attached hydrogens (tertiary/aromatic N) is 3. The Morgan fingerprint density at radius 1 is 1.41 bits per heavy atom. The molecule has 0 spiro atoms. The Morgan fingerprint density at radius 2 is 2.12 bits per heavy atom. The Hall–Kier alpha value is -2.29. The standard InChI is InChI=1S/C11H12N4O2/c1-4-6-7-12-9-8(14(7)3)10(16)13-11(17)15(9)5-2/h5H2,1-3H3,(H,13,16,17). The van der Waals surface area contributed by atoms with Crippen LogP contribution in [0.2, 0.25) is 0 Å². The summed E-state index contributed by atoms with van der Waals surface area (Å²) in [4.78, 5) is 29.8. The molecule has 17 heavy (non-hydrogen) atoms. The smallest absolute Gasteiger partial charge is 0.315 e. The largest absolute Gasteiger partial charge is 0.330 e. The SMILES string of the molecule is CC#Cc1nc2c(c(=O)[nH]c(=O)n2CC)n1C. The molecule has 0 aliphatic heterocycles. The maximum atomic E-state index is 11.7. The summed E-state index contributed by atoms with van der Waals surface area (Å²) in [5.74, 6) is 5.99. The molecule has 0 saturated carbocycles. The summed E-state index contributed by atoms with van der Waals surface area (Å²) in [6.07, 6.45) is 0. The minimum absolute atomic E-state index is 0.365. The van der Waals surface area contributed by atoms with Crippen LogP contribution in [0.25, 0.3) is 11.2 Å². The highest BCUT2D eigenvalue weighted by molar-refractivity contribution is 5.71. The normalized spacial score (nSPS) is 10.3. The van der Waals surface area contributed by atoms with E-state index >= 15 is 0 Å². The first-order valence-corrected chi connectivity index (χ1v) is 5.22. The fourth-order valence-electron chi connectivity index (χ4n) is 1.76. The van der Waals surface area contributed by atoms with Gasteiger partial charge in [-0.05, 0) is 19.8 Å². The van der Waals surface area contributed by atoms with E-state index in [1.54, 1.807) is 18.5 Å². The minimum atomic E-state index is -0.445. The van der Waals surface area contributed by atoms with Gasteiger partial charge in [0.1, 0.15) is 0 Å². The molecule has 0 saturated heterocycles. The van der Waals surface area contributed by atoms with Crippen molar-refractivity contribution in [3.8, 4) is 11.8 Å². The lowest BCUT2D eigenvalue weighted by molar-refractivity contribution is 0.719. The predicted octanol–water partition coefficient (Wildman–Crippen LogP) is -0.185. The Morgan fingerprint density at radius 3 is 2.71 bits per heavy atom. The number of hydrogen-bond donors (Lipinski definition) is 1. The van der Waals surface area contributed by atoms with E-state index in [9.17, 15) is 9.59 Å². The summed E-state index contributed by atoms with van der Waals surface area (Å²) < 4.78 is 3.01. The molecular formula is C11H12N4O2. The zero-order valence-corrected chi connectivity index (χ0v) is 9.87. The van der Waals surface area contributed by atoms with Crippen LogP contribution in [0.3, 0.4) is 0 Å². The van der Waals surface area contributed by atoms with Crippen LogP contribution in [0, 0.1) is 11.8 Å². The molecule has 1 N–H and O–H groups in total. The maximum Gasteiger partial charge on any atom is 0.330 e. The molecule has 2 aromatic rings. The summed E-state index contributed by atoms with van der Waals surface area (Å²) in [7, 11) is 1.70. The van der Waals surface area contributed by atoms with Gasteiger partial charge in [-0.15, -0.1) is 0 Å². The minimum Gasteiger partial charge on any atom is -0.315 e. The number of fused-ring (bicyclic) bond motifs is 1. The third-order valence-corrected chi connectivity index (χ3v) is 2.57. The highest BCUT2D eigenvalue weighted by Gasteiger charge is 2.14. The number of nitrogens with one attached hydrogen (secondary N) is 1. The van der Waals surface area contributed by atoms with Gasteiger partial charge < -0.3 is 4.57 Å². The number of aromatic amines is 1. The van der Waals surface area contributed by atoms with Crippen molar-refractivity contribution in [3.63, 3.8) is 0 Å². The van der Waals surface area contributed by atoms with Gasteiger partial charge in [0.25, 0.3) is 5.56 Å². The molecule has 88 valence electrons. The van der Waals surface area contributed by atoms with Crippen LogP contribution >= 0.6 is 0 Å². The average molecular weight is 232 g/mol. The van der Waals surface area contributed by atoms with E-state index in [4.69, 9.17) is 0 Å². The van der Waals surface area contributed by atoms with Crippen LogP contribution in [-0.2, 0) is 13.6 Å². The second kappa shape index (κ2) is 3.94. The zero-order valence-electron chi connectivity index (χ0n) is 9.87. The maximum absolute atomic E-state index is 11.7. The van der Waals surface area contributed by atoms with Crippen LogP contribution in [0.15, 0.2) is 9.59 Å². The summed E-state index contributed by atoms with van der Waals surface area (Å²) in [6.45, 7) is 3.96. The van der Waals surface area contributed by atoms with E-state index in [0.29, 0.717) is 23.5 Å². The molecule has 0 aliphatic rings. The predicted molar refractivity (Wildman–Crippen MR) is 63.8 cm³/mol. The molecule has 0 aliphatic carbocycles. The van der Waals surface area contributed by atoms with E-state index in [2.05, 4.69) is 21.8 Å². The Labute approximate surface area is 96.9 Å². The highest BCUT2D eigenvalue weighted by atomic mass is 16.2. The van der Waals surface area contributed by atoms with Crippen molar-refractivity contribution in [1.29, 1.82) is 0 Å². The van der Waals surface area contributed by atoms with Crippen LogP contribution in [0.5, 0.6) is 0 Å². The summed E-state index contributed by atoms with van der Waals surface area (Å²) in [6, 6.07) is 0. The third-order valence-electron chi connectivity index (χ3n) is 2.57. The summed E-state index contributed by atoms with van der Waals surface area (Å²) in [5, 5.41) is 0. The molecule has 6 heteroatoms. The van der Waals surface area contributed by atoms with Crippen molar-refractivity contribution in [2.45, 2.75) is 20.4 Å². The quantitative estimate of drug-likeness (QED) is 0.693.